The van der Waals surface area contributed by atoms with Crippen LogP contribution in [0.15, 0.2) is 0 Å². The lowest BCUT2D eigenvalue weighted by atomic mass is 10.2. The summed E-state index contributed by atoms with van der Waals surface area (Å²) >= 11 is 0. The molecule has 0 aromatic rings. The highest BCUT2D eigenvalue weighted by atomic mass is 16.2. The monoisotopic (exact) mass is 199 g/mol. The fourth-order valence-corrected chi connectivity index (χ4v) is 1.59. The van der Waals surface area contributed by atoms with Gasteiger partial charge in [-0.1, -0.05) is 12.8 Å². The van der Waals surface area contributed by atoms with E-state index < -0.39 is 11.8 Å². The summed E-state index contributed by atoms with van der Waals surface area (Å²) in [5.41, 5.74) is 5.19. The summed E-state index contributed by atoms with van der Waals surface area (Å²) in [5.74, 6) is -1.12. The zero-order chi connectivity index (χ0) is 10.4. The predicted molar refractivity (Wildman–Crippen MR) is 52.5 cm³/mol. The molecule has 5 nitrogen and oxygen atoms in total. The van der Waals surface area contributed by atoms with Crippen LogP contribution in [-0.2, 0) is 9.59 Å². The molecular formula is C9H17N3O2. The number of rotatable bonds is 3. The van der Waals surface area contributed by atoms with Crippen LogP contribution in [0.5, 0.6) is 0 Å². The molecule has 80 valence electrons. The predicted octanol–water partition coefficient (Wildman–Crippen LogP) is -0.880. The van der Waals surface area contributed by atoms with Crippen molar-refractivity contribution in [2.75, 3.05) is 13.1 Å². The average Bonchev–Trinajstić information content (AvgIpc) is 2.66. The van der Waals surface area contributed by atoms with Gasteiger partial charge in [-0.25, -0.2) is 0 Å². The van der Waals surface area contributed by atoms with E-state index in [1.165, 1.54) is 0 Å². The Labute approximate surface area is 83.4 Å². The Morgan fingerprint density at radius 2 is 1.86 bits per heavy atom. The molecule has 1 aliphatic carbocycles. The SMILES string of the molecule is NCCNC(=O)C(=O)NC1CCCC1. The Morgan fingerprint density at radius 3 is 2.43 bits per heavy atom. The highest BCUT2D eigenvalue weighted by Crippen LogP contribution is 2.17. The lowest BCUT2D eigenvalue weighted by molar-refractivity contribution is -0.139. The summed E-state index contributed by atoms with van der Waals surface area (Å²) in [6.07, 6.45) is 4.23. The van der Waals surface area contributed by atoms with Crippen molar-refractivity contribution in [1.29, 1.82) is 0 Å². The Kier molecular flexibility index (Phi) is 4.39. The number of nitrogens with two attached hydrogens (primary N) is 1. The average molecular weight is 199 g/mol. The van der Waals surface area contributed by atoms with Crippen LogP contribution < -0.4 is 16.4 Å². The Balaban J connectivity index is 2.22. The first-order valence-corrected chi connectivity index (χ1v) is 5.03. The first kappa shape index (κ1) is 11.0. The first-order valence-electron chi connectivity index (χ1n) is 5.03. The summed E-state index contributed by atoms with van der Waals surface area (Å²) in [4.78, 5) is 22.4. The quantitative estimate of drug-likeness (QED) is 0.516. The van der Waals surface area contributed by atoms with Gasteiger partial charge in [0, 0.05) is 19.1 Å². The Hall–Kier alpha value is -1.10. The highest BCUT2D eigenvalue weighted by molar-refractivity contribution is 6.35. The maximum atomic E-state index is 11.2. The largest absolute Gasteiger partial charge is 0.347 e. The minimum absolute atomic E-state index is 0.186. The molecule has 0 aliphatic heterocycles. The smallest absolute Gasteiger partial charge is 0.309 e. The van der Waals surface area contributed by atoms with Crippen LogP contribution in [0, 0.1) is 0 Å². The molecule has 0 heterocycles. The zero-order valence-corrected chi connectivity index (χ0v) is 8.21. The number of hydrogen-bond acceptors (Lipinski definition) is 3. The fraction of sp³-hybridized carbons (Fsp3) is 0.778. The zero-order valence-electron chi connectivity index (χ0n) is 8.21. The molecule has 1 fully saturated rings. The van der Waals surface area contributed by atoms with E-state index in [0.29, 0.717) is 13.1 Å². The first-order chi connectivity index (χ1) is 6.74. The van der Waals surface area contributed by atoms with Crippen LogP contribution in [0.3, 0.4) is 0 Å². The van der Waals surface area contributed by atoms with Gasteiger partial charge in [-0.15, -0.1) is 0 Å². The van der Waals surface area contributed by atoms with E-state index in [9.17, 15) is 9.59 Å². The van der Waals surface area contributed by atoms with Crippen LogP contribution in [0.25, 0.3) is 0 Å². The molecule has 0 saturated heterocycles. The second-order valence-electron chi connectivity index (χ2n) is 3.50. The highest BCUT2D eigenvalue weighted by Gasteiger charge is 2.20. The maximum Gasteiger partial charge on any atom is 0.309 e. The molecule has 0 bridgehead atoms. The lowest BCUT2D eigenvalue weighted by Crippen LogP contribution is -2.44. The lowest BCUT2D eigenvalue weighted by Gasteiger charge is -2.11. The third-order valence-corrected chi connectivity index (χ3v) is 2.33. The molecule has 0 aromatic heterocycles. The number of amides is 2. The van der Waals surface area contributed by atoms with Gasteiger partial charge in [-0.3, -0.25) is 9.59 Å². The van der Waals surface area contributed by atoms with E-state index >= 15 is 0 Å². The van der Waals surface area contributed by atoms with Gasteiger partial charge in [0.05, 0.1) is 0 Å². The molecule has 0 radical (unpaired) electrons. The molecule has 4 N–H and O–H groups in total. The second-order valence-corrected chi connectivity index (χ2v) is 3.50. The van der Waals surface area contributed by atoms with Crippen LogP contribution >= 0.6 is 0 Å². The van der Waals surface area contributed by atoms with Gasteiger partial charge in [-0.05, 0) is 12.8 Å². The van der Waals surface area contributed by atoms with Crippen molar-refractivity contribution in [3.05, 3.63) is 0 Å². The molecule has 0 atom stereocenters. The standard InChI is InChI=1S/C9H17N3O2/c10-5-6-11-8(13)9(14)12-7-3-1-2-4-7/h7H,1-6,10H2,(H,11,13)(H,12,14). The van der Waals surface area contributed by atoms with Crippen molar-refractivity contribution in [2.45, 2.75) is 31.7 Å². The van der Waals surface area contributed by atoms with Crippen molar-refractivity contribution in [2.24, 2.45) is 5.73 Å². The van der Waals surface area contributed by atoms with E-state index in [1.807, 2.05) is 0 Å². The number of nitrogens with one attached hydrogen (secondary N) is 2. The summed E-state index contributed by atoms with van der Waals surface area (Å²) in [5, 5.41) is 5.13. The molecule has 0 spiro atoms. The van der Waals surface area contributed by atoms with Gasteiger partial charge in [0.15, 0.2) is 0 Å². The molecule has 1 aliphatic rings. The van der Waals surface area contributed by atoms with Gasteiger partial charge >= 0.3 is 11.8 Å². The third kappa shape index (κ3) is 3.33. The van der Waals surface area contributed by atoms with Gasteiger partial charge in [-0.2, -0.15) is 0 Å². The van der Waals surface area contributed by atoms with Crippen molar-refractivity contribution in [3.63, 3.8) is 0 Å². The van der Waals surface area contributed by atoms with Gasteiger partial charge in [0.2, 0.25) is 0 Å². The van der Waals surface area contributed by atoms with Crippen LogP contribution in [0.1, 0.15) is 25.7 Å². The summed E-state index contributed by atoms with van der Waals surface area (Å²) in [7, 11) is 0. The molecular weight excluding hydrogens is 182 g/mol. The van der Waals surface area contributed by atoms with Crippen LogP contribution in [0.2, 0.25) is 0 Å². The van der Waals surface area contributed by atoms with Gasteiger partial charge in [0.25, 0.3) is 0 Å². The second kappa shape index (κ2) is 5.59. The van der Waals surface area contributed by atoms with Crippen molar-refractivity contribution in [1.82, 2.24) is 10.6 Å². The van der Waals surface area contributed by atoms with Crippen LogP contribution in [0.4, 0.5) is 0 Å². The molecule has 0 aromatic carbocycles. The Bertz CT molecular complexity index is 212. The van der Waals surface area contributed by atoms with Gasteiger partial charge in [0.1, 0.15) is 0 Å². The van der Waals surface area contributed by atoms with Crippen molar-refractivity contribution in [3.8, 4) is 0 Å². The molecule has 5 heteroatoms. The topological polar surface area (TPSA) is 84.2 Å². The van der Waals surface area contributed by atoms with E-state index in [2.05, 4.69) is 10.6 Å². The van der Waals surface area contributed by atoms with Crippen molar-refractivity contribution < 1.29 is 9.59 Å². The minimum Gasteiger partial charge on any atom is -0.347 e. The van der Waals surface area contributed by atoms with Crippen molar-refractivity contribution >= 4 is 11.8 Å². The van der Waals surface area contributed by atoms with Crippen LogP contribution in [-0.4, -0.2) is 30.9 Å². The Morgan fingerprint density at radius 1 is 1.21 bits per heavy atom. The fourth-order valence-electron chi connectivity index (χ4n) is 1.59. The molecule has 1 saturated carbocycles. The van der Waals surface area contributed by atoms with E-state index in [4.69, 9.17) is 5.73 Å². The minimum atomic E-state index is -0.581. The van der Waals surface area contributed by atoms with E-state index in [-0.39, 0.29) is 6.04 Å². The maximum absolute atomic E-state index is 11.2. The third-order valence-electron chi connectivity index (χ3n) is 2.33. The van der Waals surface area contributed by atoms with E-state index in [1.54, 1.807) is 0 Å². The summed E-state index contributed by atoms with van der Waals surface area (Å²) in [6.45, 7) is 0.694. The molecule has 14 heavy (non-hydrogen) atoms. The van der Waals surface area contributed by atoms with E-state index in [0.717, 1.165) is 25.7 Å². The molecule has 1 rings (SSSR count). The normalized spacial score (nSPS) is 16.6. The molecule has 0 unspecified atom stereocenters. The number of carbonyl (C=O) groups is 2. The molecule has 2 amide bonds. The van der Waals surface area contributed by atoms with Gasteiger partial charge < -0.3 is 16.4 Å². The summed E-state index contributed by atoms with van der Waals surface area (Å²) < 4.78 is 0. The number of carbonyl (C=O) groups excluding carboxylic acids is 2. The summed E-state index contributed by atoms with van der Waals surface area (Å²) in [6, 6.07) is 0.186. The number of hydrogen-bond donors (Lipinski definition) is 3.